The predicted molar refractivity (Wildman–Crippen MR) is 70.0 cm³/mol. The van der Waals surface area contributed by atoms with Crippen molar-refractivity contribution in [1.82, 2.24) is 9.97 Å². The molecule has 1 aromatic rings. The van der Waals surface area contributed by atoms with Crippen LogP contribution in [0, 0.1) is 0 Å². The SMILES string of the molecule is CCOC(=O)c1cnc(CC2CCCO2)nc1CC. The molecule has 5 nitrogen and oxygen atoms in total. The van der Waals surface area contributed by atoms with Gasteiger partial charge in [0.1, 0.15) is 5.82 Å². The lowest BCUT2D eigenvalue weighted by atomic mass is 10.1. The predicted octanol–water partition coefficient (Wildman–Crippen LogP) is 1.94. The van der Waals surface area contributed by atoms with E-state index in [1.165, 1.54) is 0 Å². The van der Waals surface area contributed by atoms with Gasteiger partial charge in [0.2, 0.25) is 0 Å². The molecule has 1 unspecified atom stereocenters. The van der Waals surface area contributed by atoms with Crippen molar-refractivity contribution in [3.8, 4) is 0 Å². The van der Waals surface area contributed by atoms with Gasteiger partial charge in [0, 0.05) is 19.2 Å². The molecular formula is C14H20N2O3. The third-order valence-corrected chi connectivity index (χ3v) is 3.18. The van der Waals surface area contributed by atoms with Gasteiger partial charge >= 0.3 is 5.97 Å². The van der Waals surface area contributed by atoms with Gasteiger partial charge in [-0.05, 0) is 26.2 Å². The molecule has 0 saturated carbocycles. The molecule has 0 amide bonds. The number of hydrogen-bond acceptors (Lipinski definition) is 5. The van der Waals surface area contributed by atoms with E-state index in [2.05, 4.69) is 9.97 Å². The van der Waals surface area contributed by atoms with Crippen LogP contribution in [0.2, 0.25) is 0 Å². The topological polar surface area (TPSA) is 61.3 Å². The third-order valence-electron chi connectivity index (χ3n) is 3.18. The fourth-order valence-corrected chi connectivity index (χ4v) is 2.21. The van der Waals surface area contributed by atoms with Crippen molar-refractivity contribution < 1.29 is 14.3 Å². The molecule has 0 aliphatic carbocycles. The maximum atomic E-state index is 11.8. The molecule has 104 valence electrons. The second-order valence-electron chi connectivity index (χ2n) is 4.56. The van der Waals surface area contributed by atoms with Crippen LogP contribution in [0.3, 0.4) is 0 Å². The van der Waals surface area contributed by atoms with Crippen LogP contribution < -0.4 is 0 Å². The number of esters is 1. The molecule has 0 N–H and O–H groups in total. The lowest BCUT2D eigenvalue weighted by Crippen LogP contribution is -2.15. The summed E-state index contributed by atoms with van der Waals surface area (Å²) in [5, 5.41) is 0. The zero-order valence-electron chi connectivity index (χ0n) is 11.5. The van der Waals surface area contributed by atoms with E-state index in [0.717, 1.165) is 37.4 Å². The monoisotopic (exact) mass is 264 g/mol. The van der Waals surface area contributed by atoms with E-state index in [1.54, 1.807) is 13.1 Å². The highest BCUT2D eigenvalue weighted by molar-refractivity contribution is 5.90. The highest BCUT2D eigenvalue weighted by atomic mass is 16.5. The van der Waals surface area contributed by atoms with Crippen LogP contribution in [-0.2, 0) is 22.3 Å². The molecule has 1 saturated heterocycles. The smallest absolute Gasteiger partial charge is 0.341 e. The lowest BCUT2D eigenvalue weighted by molar-refractivity contribution is 0.0524. The summed E-state index contributed by atoms with van der Waals surface area (Å²) in [7, 11) is 0. The molecule has 0 aromatic carbocycles. The first-order valence-electron chi connectivity index (χ1n) is 6.88. The summed E-state index contributed by atoms with van der Waals surface area (Å²) in [6.45, 7) is 4.95. The van der Waals surface area contributed by atoms with Crippen molar-refractivity contribution in [3.05, 3.63) is 23.3 Å². The van der Waals surface area contributed by atoms with Gasteiger partial charge in [-0.1, -0.05) is 6.92 Å². The summed E-state index contributed by atoms with van der Waals surface area (Å²) in [5.74, 6) is 0.403. The van der Waals surface area contributed by atoms with Crippen LogP contribution >= 0.6 is 0 Å². The van der Waals surface area contributed by atoms with Crippen LogP contribution in [0.5, 0.6) is 0 Å². The quantitative estimate of drug-likeness (QED) is 0.760. The molecule has 2 rings (SSSR count). The molecule has 0 bridgehead atoms. The van der Waals surface area contributed by atoms with Crippen molar-refractivity contribution in [2.24, 2.45) is 0 Å². The van der Waals surface area contributed by atoms with E-state index in [0.29, 0.717) is 18.6 Å². The maximum absolute atomic E-state index is 11.8. The van der Waals surface area contributed by atoms with Crippen LogP contribution in [-0.4, -0.2) is 35.3 Å². The van der Waals surface area contributed by atoms with Gasteiger partial charge in [-0.25, -0.2) is 14.8 Å². The van der Waals surface area contributed by atoms with Gasteiger partial charge < -0.3 is 9.47 Å². The van der Waals surface area contributed by atoms with Crippen LogP contribution in [0.15, 0.2) is 6.20 Å². The second-order valence-corrected chi connectivity index (χ2v) is 4.56. The largest absolute Gasteiger partial charge is 0.462 e. The minimum Gasteiger partial charge on any atom is -0.462 e. The molecule has 0 spiro atoms. The first kappa shape index (κ1) is 13.9. The number of carbonyl (C=O) groups is 1. The zero-order chi connectivity index (χ0) is 13.7. The summed E-state index contributed by atoms with van der Waals surface area (Å²) >= 11 is 0. The normalized spacial score (nSPS) is 18.5. The second kappa shape index (κ2) is 6.61. The Morgan fingerprint density at radius 2 is 2.37 bits per heavy atom. The molecular weight excluding hydrogens is 244 g/mol. The summed E-state index contributed by atoms with van der Waals surface area (Å²) in [6.07, 6.45) is 5.37. The fraction of sp³-hybridized carbons (Fsp3) is 0.643. The van der Waals surface area contributed by atoms with Crippen molar-refractivity contribution in [2.45, 2.75) is 45.6 Å². The fourth-order valence-electron chi connectivity index (χ4n) is 2.21. The molecule has 0 radical (unpaired) electrons. The number of hydrogen-bond donors (Lipinski definition) is 0. The third kappa shape index (κ3) is 3.50. The van der Waals surface area contributed by atoms with Gasteiger partial charge in [-0.15, -0.1) is 0 Å². The van der Waals surface area contributed by atoms with Crippen molar-refractivity contribution >= 4 is 5.97 Å². The number of nitrogens with zero attached hydrogens (tertiary/aromatic N) is 2. The molecule has 1 aliphatic rings. The van der Waals surface area contributed by atoms with E-state index >= 15 is 0 Å². The van der Waals surface area contributed by atoms with Gasteiger partial charge in [-0.3, -0.25) is 0 Å². The Morgan fingerprint density at radius 3 is 3.00 bits per heavy atom. The van der Waals surface area contributed by atoms with Gasteiger partial charge in [0.25, 0.3) is 0 Å². The average molecular weight is 264 g/mol. The Labute approximate surface area is 113 Å². The Morgan fingerprint density at radius 1 is 1.53 bits per heavy atom. The summed E-state index contributed by atoms with van der Waals surface area (Å²) in [5.41, 5.74) is 1.22. The Kier molecular flexibility index (Phi) is 4.85. The molecule has 1 atom stereocenters. The Bertz CT molecular complexity index is 442. The molecule has 5 heteroatoms. The number of carbonyl (C=O) groups excluding carboxylic acids is 1. The molecule has 1 fully saturated rings. The van der Waals surface area contributed by atoms with Crippen molar-refractivity contribution in [1.29, 1.82) is 0 Å². The molecule has 19 heavy (non-hydrogen) atoms. The average Bonchev–Trinajstić information content (AvgIpc) is 2.91. The lowest BCUT2D eigenvalue weighted by Gasteiger charge is -2.11. The number of aryl methyl sites for hydroxylation is 1. The Hall–Kier alpha value is -1.49. The molecule has 2 heterocycles. The number of ether oxygens (including phenoxy) is 2. The van der Waals surface area contributed by atoms with Crippen LogP contribution in [0.4, 0.5) is 0 Å². The van der Waals surface area contributed by atoms with Crippen LogP contribution in [0.1, 0.15) is 48.6 Å². The standard InChI is InChI=1S/C14H20N2O3/c1-3-12-11(14(17)18-4-2)9-15-13(16-12)8-10-6-5-7-19-10/h9-10H,3-8H2,1-2H3. The summed E-state index contributed by atoms with van der Waals surface area (Å²) < 4.78 is 10.6. The Balaban J connectivity index is 2.12. The minimum absolute atomic E-state index is 0.221. The van der Waals surface area contributed by atoms with Crippen molar-refractivity contribution in [2.75, 3.05) is 13.2 Å². The first-order valence-corrected chi connectivity index (χ1v) is 6.88. The van der Waals surface area contributed by atoms with Crippen LogP contribution in [0.25, 0.3) is 0 Å². The summed E-state index contributed by atoms with van der Waals surface area (Å²) in [4.78, 5) is 20.5. The highest BCUT2D eigenvalue weighted by Crippen LogP contribution is 2.16. The van der Waals surface area contributed by atoms with Crippen molar-refractivity contribution in [3.63, 3.8) is 0 Å². The molecule has 1 aliphatic heterocycles. The van der Waals surface area contributed by atoms with Gasteiger partial charge in [0.15, 0.2) is 0 Å². The zero-order valence-corrected chi connectivity index (χ0v) is 11.5. The molecule has 1 aromatic heterocycles. The summed E-state index contributed by atoms with van der Waals surface area (Å²) in [6, 6.07) is 0. The van der Waals surface area contributed by atoms with E-state index in [9.17, 15) is 4.79 Å². The van der Waals surface area contributed by atoms with Gasteiger partial charge in [0.05, 0.1) is 24.0 Å². The maximum Gasteiger partial charge on any atom is 0.341 e. The van der Waals surface area contributed by atoms with E-state index < -0.39 is 0 Å². The van der Waals surface area contributed by atoms with E-state index in [1.807, 2.05) is 6.92 Å². The van der Waals surface area contributed by atoms with Gasteiger partial charge in [-0.2, -0.15) is 0 Å². The first-order chi connectivity index (χ1) is 9.24. The number of aromatic nitrogens is 2. The van der Waals surface area contributed by atoms with E-state index in [4.69, 9.17) is 9.47 Å². The minimum atomic E-state index is -0.344. The van der Waals surface area contributed by atoms with E-state index in [-0.39, 0.29) is 12.1 Å². The highest BCUT2D eigenvalue weighted by Gasteiger charge is 2.19. The number of rotatable bonds is 5.